The molecule has 0 aromatic carbocycles. The van der Waals surface area contributed by atoms with Crippen molar-refractivity contribution in [2.75, 3.05) is 12.4 Å². The fraction of sp³-hybridized carbons (Fsp3) is 0.400. The minimum Gasteiger partial charge on any atom is -0.373 e. The lowest BCUT2D eigenvalue weighted by Crippen LogP contribution is -2.01. The average molecular weight is 267 g/mol. The molecule has 7 heteroatoms. The molecule has 2 aromatic heterocycles. The zero-order valence-electron chi connectivity index (χ0n) is 9.67. The van der Waals surface area contributed by atoms with Gasteiger partial charge >= 0.3 is 0 Å². The van der Waals surface area contributed by atoms with Gasteiger partial charge in [-0.25, -0.2) is 9.97 Å². The predicted molar refractivity (Wildman–Crippen MR) is 69.6 cm³/mol. The van der Waals surface area contributed by atoms with E-state index in [4.69, 9.17) is 0 Å². The van der Waals surface area contributed by atoms with Crippen molar-refractivity contribution in [2.45, 2.75) is 29.1 Å². The lowest BCUT2D eigenvalue weighted by molar-refractivity contribution is 0.811. The molecule has 0 fully saturated rings. The maximum Gasteiger partial charge on any atom is 0.180 e. The van der Waals surface area contributed by atoms with Crippen LogP contribution in [0.25, 0.3) is 0 Å². The summed E-state index contributed by atoms with van der Waals surface area (Å²) in [5, 5.41) is 11.8. The molecule has 0 saturated heterocycles. The van der Waals surface area contributed by atoms with Crippen molar-refractivity contribution in [1.29, 1.82) is 0 Å². The van der Waals surface area contributed by atoms with Crippen LogP contribution in [0.4, 0.5) is 5.82 Å². The molecule has 0 radical (unpaired) electrons. The molecular weight excluding hydrogens is 254 g/mol. The van der Waals surface area contributed by atoms with Gasteiger partial charge < -0.3 is 5.32 Å². The van der Waals surface area contributed by atoms with Crippen LogP contribution in [0.15, 0.2) is 20.9 Å². The van der Waals surface area contributed by atoms with Crippen LogP contribution < -0.4 is 5.32 Å². The van der Waals surface area contributed by atoms with E-state index in [-0.39, 0.29) is 0 Å². The Morgan fingerprint density at radius 1 is 1.41 bits per heavy atom. The first-order valence-electron chi connectivity index (χ1n) is 5.31. The molecule has 0 atom stereocenters. The first-order valence-corrected chi connectivity index (χ1v) is 7.01. The predicted octanol–water partition coefficient (Wildman–Crippen LogP) is 2.47. The molecule has 0 amide bonds. The summed E-state index contributed by atoms with van der Waals surface area (Å²) in [5.41, 5.74) is 1.72. The van der Waals surface area contributed by atoms with E-state index >= 15 is 0 Å². The minimum absolute atomic E-state index is 0.843. The largest absolute Gasteiger partial charge is 0.373 e. The Hall–Kier alpha value is -1.21. The van der Waals surface area contributed by atoms with Crippen LogP contribution in [0.1, 0.15) is 19.2 Å². The van der Waals surface area contributed by atoms with Gasteiger partial charge in [-0.05, 0) is 18.2 Å². The number of anilines is 1. The average Bonchev–Trinajstić information content (AvgIpc) is 2.82. The van der Waals surface area contributed by atoms with E-state index in [9.17, 15) is 0 Å². The first-order chi connectivity index (χ1) is 8.31. The number of rotatable bonds is 5. The van der Waals surface area contributed by atoms with Gasteiger partial charge in [-0.2, -0.15) is 0 Å². The summed E-state index contributed by atoms with van der Waals surface area (Å²) in [4.78, 5) is 8.90. The van der Waals surface area contributed by atoms with Crippen molar-refractivity contribution < 1.29 is 0 Å². The molecule has 5 nitrogen and oxygen atoms in total. The first kappa shape index (κ1) is 12.3. The Morgan fingerprint density at radius 2 is 2.29 bits per heavy atom. The number of nitrogens with one attached hydrogen (secondary N) is 1. The lowest BCUT2D eigenvalue weighted by Gasteiger charge is -2.05. The molecule has 17 heavy (non-hydrogen) atoms. The van der Waals surface area contributed by atoms with E-state index < -0.39 is 0 Å². The molecule has 0 unspecified atom stereocenters. The fourth-order valence-corrected chi connectivity index (χ4v) is 2.73. The van der Waals surface area contributed by atoms with Crippen LogP contribution >= 0.6 is 23.1 Å². The zero-order valence-corrected chi connectivity index (χ0v) is 11.3. The van der Waals surface area contributed by atoms with Crippen molar-refractivity contribution in [1.82, 2.24) is 20.2 Å². The quantitative estimate of drug-likeness (QED) is 0.840. The summed E-state index contributed by atoms with van der Waals surface area (Å²) < 4.78 is 0.896. The third-order valence-corrected chi connectivity index (χ3v) is 3.71. The van der Waals surface area contributed by atoms with Gasteiger partial charge in [0.1, 0.15) is 22.2 Å². The topological polar surface area (TPSA) is 63.6 Å². The Bertz CT molecular complexity index is 472. The highest BCUT2D eigenvalue weighted by Gasteiger charge is 2.07. The van der Waals surface area contributed by atoms with Gasteiger partial charge in [0, 0.05) is 19.5 Å². The van der Waals surface area contributed by atoms with E-state index in [0.717, 1.165) is 33.8 Å². The molecule has 2 rings (SSSR count). The van der Waals surface area contributed by atoms with Gasteiger partial charge in [-0.3, -0.25) is 0 Å². The highest BCUT2D eigenvalue weighted by atomic mass is 32.2. The maximum absolute atomic E-state index is 4.50. The Morgan fingerprint density at radius 3 is 2.94 bits per heavy atom. The van der Waals surface area contributed by atoms with Gasteiger partial charge in [0.05, 0.1) is 0 Å². The highest BCUT2D eigenvalue weighted by Crippen LogP contribution is 2.28. The fourth-order valence-electron chi connectivity index (χ4n) is 1.29. The molecule has 0 saturated carbocycles. The lowest BCUT2D eigenvalue weighted by atomic mass is 10.3. The molecule has 90 valence electrons. The molecule has 1 N–H and O–H groups in total. The molecule has 0 aliphatic rings. The van der Waals surface area contributed by atoms with Gasteiger partial charge in [0.2, 0.25) is 0 Å². The molecule has 2 heterocycles. The summed E-state index contributed by atoms with van der Waals surface area (Å²) >= 11 is 3.03. The van der Waals surface area contributed by atoms with Crippen LogP contribution in [-0.2, 0) is 6.42 Å². The van der Waals surface area contributed by atoms with Crippen molar-refractivity contribution in [3.05, 3.63) is 17.4 Å². The number of aryl methyl sites for hydroxylation is 1. The van der Waals surface area contributed by atoms with Crippen molar-refractivity contribution in [3.63, 3.8) is 0 Å². The zero-order chi connectivity index (χ0) is 12.1. The Balaban J connectivity index is 2.23. The standard InChI is InChI=1S/C10H13N5S2/c1-3-4-7-13-8(11-2)5-9(14-7)17-10-15-12-6-16-10/h5-6H,3-4H2,1-2H3,(H,11,13,14). The summed E-state index contributed by atoms with van der Waals surface area (Å²) in [6, 6.07) is 1.92. The van der Waals surface area contributed by atoms with E-state index in [1.165, 1.54) is 23.1 Å². The molecular formula is C10H13N5S2. The second kappa shape index (κ2) is 5.92. The second-order valence-electron chi connectivity index (χ2n) is 3.31. The van der Waals surface area contributed by atoms with Crippen LogP contribution in [0.3, 0.4) is 0 Å². The van der Waals surface area contributed by atoms with Gasteiger partial charge in [0.25, 0.3) is 0 Å². The normalized spacial score (nSPS) is 10.5. The third kappa shape index (κ3) is 3.37. The Labute approximate surface area is 108 Å². The number of hydrogen-bond acceptors (Lipinski definition) is 7. The van der Waals surface area contributed by atoms with Crippen molar-refractivity contribution in [2.24, 2.45) is 0 Å². The van der Waals surface area contributed by atoms with Crippen LogP contribution in [-0.4, -0.2) is 27.2 Å². The van der Waals surface area contributed by atoms with Gasteiger partial charge in [-0.1, -0.05) is 18.3 Å². The van der Waals surface area contributed by atoms with Crippen molar-refractivity contribution >= 4 is 28.9 Å². The van der Waals surface area contributed by atoms with Crippen LogP contribution in [0, 0.1) is 0 Å². The molecule has 0 aliphatic carbocycles. The summed E-state index contributed by atoms with van der Waals surface area (Å²) in [6.45, 7) is 2.12. The SMILES string of the molecule is CCCc1nc(NC)cc(Sc2nncs2)n1. The molecule has 2 aromatic rings. The molecule has 0 spiro atoms. The van der Waals surface area contributed by atoms with E-state index in [2.05, 4.69) is 32.4 Å². The molecule has 0 aliphatic heterocycles. The van der Waals surface area contributed by atoms with Crippen LogP contribution in [0.5, 0.6) is 0 Å². The van der Waals surface area contributed by atoms with Gasteiger partial charge in [-0.15, -0.1) is 10.2 Å². The van der Waals surface area contributed by atoms with Gasteiger partial charge in [0.15, 0.2) is 4.34 Å². The van der Waals surface area contributed by atoms with E-state index in [1.807, 2.05) is 13.1 Å². The number of aromatic nitrogens is 4. The number of hydrogen-bond donors (Lipinski definition) is 1. The third-order valence-electron chi connectivity index (χ3n) is 2.01. The summed E-state index contributed by atoms with van der Waals surface area (Å²) in [5.74, 6) is 1.71. The second-order valence-corrected chi connectivity index (χ2v) is 5.42. The van der Waals surface area contributed by atoms with Crippen molar-refractivity contribution in [3.8, 4) is 0 Å². The Kier molecular flexibility index (Phi) is 4.27. The minimum atomic E-state index is 0.843. The maximum atomic E-state index is 4.50. The van der Waals surface area contributed by atoms with E-state index in [0.29, 0.717) is 0 Å². The smallest absolute Gasteiger partial charge is 0.180 e. The summed E-state index contributed by atoms with van der Waals surface area (Å²) in [7, 11) is 1.86. The highest BCUT2D eigenvalue weighted by molar-refractivity contribution is 8.00. The van der Waals surface area contributed by atoms with Crippen LogP contribution in [0.2, 0.25) is 0 Å². The molecule has 0 bridgehead atoms. The number of nitrogens with zero attached hydrogens (tertiary/aromatic N) is 4. The monoisotopic (exact) mass is 267 g/mol. The van der Waals surface area contributed by atoms with E-state index in [1.54, 1.807) is 5.51 Å². The summed E-state index contributed by atoms with van der Waals surface area (Å²) in [6.07, 6.45) is 1.93.